The van der Waals surface area contributed by atoms with Crippen molar-refractivity contribution in [2.45, 2.75) is 39.3 Å². The molecule has 130 valence electrons. The topological polar surface area (TPSA) is 61.6 Å². The minimum absolute atomic E-state index is 0. The van der Waals surface area contributed by atoms with E-state index in [1.165, 1.54) is 0 Å². The van der Waals surface area contributed by atoms with Gasteiger partial charge in [-0.25, -0.2) is 0 Å². The first-order valence-electron chi connectivity index (χ1n) is 8.28. The average Bonchev–Trinajstić information content (AvgIpc) is 2.92. The van der Waals surface area contributed by atoms with Crippen molar-refractivity contribution in [1.82, 2.24) is 20.3 Å². The monoisotopic (exact) mass is 342 g/mol. The van der Waals surface area contributed by atoms with Crippen molar-refractivity contribution in [2.75, 3.05) is 32.7 Å². The molecule has 3 rings (SSSR count). The first-order valence-corrected chi connectivity index (χ1v) is 8.28. The minimum Gasteiger partial charge on any atom is -0.360 e. The van der Waals surface area contributed by atoms with Crippen LogP contribution in [0.3, 0.4) is 0 Å². The number of hydrogen-bond acceptors (Lipinski definition) is 5. The molecular formula is C16H27ClN4O2. The van der Waals surface area contributed by atoms with Gasteiger partial charge >= 0.3 is 0 Å². The summed E-state index contributed by atoms with van der Waals surface area (Å²) in [5.41, 5.74) is 0.920. The molecule has 1 N–H and O–H groups in total. The quantitative estimate of drug-likeness (QED) is 0.900. The number of rotatable bonds is 3. The van der Waals surface area contributed by atoms with E-state index < -0.39 is 0 Å². The van der Waals surface area contributed by atoms with Crippen molar-refractivity contribution >= 4 is 18.3 Å². The van der Waals surface area contributed by atoms with Crippen LogP contribution in [0.25, 0.3) is 0 Å². The van der Waals surface area contributed by atoms with Gasteiger partial charge in [-0.2, -0.15) is 0 Å². The molecule has 2 saturated heterocycles. The SMILES string of the molecule is Cc1cc(CN2CCN(C(=O)[C@H]3CCN[C@@H](C)C3)CC2)on1.Cl. The molecule has 7 heteroatoms. The van der Waals surface area contributed by atoms with Crippen molar-refractivity contribution in [3.8, 4) is 0 Å². The van der Waals surface area contributed by atoms with Gasteiger partial charge in [0, 0.05) is 44.2 Å². The summed E-state index contributed by atoms with van der Waals surface area (Å²) in [6.07, 6.45) is 1.94. The van der Waals surface area contributed by atoms with Gasteiger partial charge in [0.1, 0.15) is 0 Å². The molecule has 0 aliphatic carbocycles. The first-order chi connectivity index (χ1) is 10.6. The van der Waals surface area contributed by atoms with Crippen molar-refractivity contribution in [3.05, 3.63) is 17.5 Å². The summed E-state index contributed by atoms with van der Waals surface area (Å²) in [7, 11) is 0. The van der Waals surface area contributed by atoms with Crippen LogP contribution in [0, 0.1) is 12.8 Å². The summed E-state index contributed by atoms with van der Waals surface area (Å²) in [4.78, 5) is 17.0. The van der Waals surface area contributed by atoms with Gasteiger partial charge in [-0.3, -0.25) is 9.69 Å². The van der Waals surface area contributed by atoms with Crippen LogP contribution in [-0.4, -0.2) is 59.6 Å². The summed E-state index contributed by atoms with van der Waals surface area (Å²) in [6, 6.07) is 2.44. The smallest absolute Gasteiger partial charge is 0.225 e. The van der Waals surface area contributed by atoms with E-state index in [1.54, 1.807) is 0 Å². The van der Waals surface area contributed by atoms with Crippen LogP contribution in [0.2, 0.25) is 0 Å². The lowest BCUT2D eigenvalue weighted by Crippen LogP contribution is -2.51. The number of nitrogens with zero attached hydrogens (tertiary/aromatic N) is 3. The zero-order valence-corrected chi connectivity index (χ0v) is 14.8. The van der Waals surface area contributed by atoms with E-state index in [4.69, 9.17) is 4.52 Å². The highest BCUT2D eigenvalue weighted by Gasteiger charge is 2.30. The maximum Gasteiger partial charge on any atom is 0.225 e. The van der Waals surface area contributed by atoms with Gasteiger partial charge in [-0.15, -0.1) is 12.4 Å². The fourth-order valence-electron chi connectivity index (χ4n) is 3.45. The van der Waals surface area contributed by atoms with Gasteiger partial charge in [-0.1, -0.05) is 5.16 Å². The standard InChI is InChI=1S/C16H26N4O2.ClH/c1-12-9-14(3-4-17-12)16(21)20-7-5-19(6-8-20)11-15-10-13(2)18-22-15;/h10,12,14,17H,3-9,11H2,1-2H3;1H/t12-,14-;/m0./s1. The molecule has 1 amide bonds. The van der Waals surface area contributed by atoms with E-state index in [0.717, 1.165) is 63.6 Å². The highest BCUT2D eigenvalue weighted by atomic mass is 35.5. The van der Waals surface area contributed by atoms with E-state index in [2.05, 4.69) is 22.3 Å². The number of aromatic nitrogens is 1. The number of piperazine rings is 1. The van der Waals surface area contributed by atoms with Crippen molar-refractivity contribution < 1.29 is 9.32 Å². The molecule has 0 aromatic carbocycles. The van der Waals surface area contributed by atoms with Crippen LogP contribution < -0.4 is 5.32 Å². The van der Waals surface area contributed by atoms with Crippen molar-refractivity contribution in [1.29, 1.82) is 0 Å². The number of hydrogen-bond donors (Lipinski definition) is 1. The molecule has 0 saturated carbocycles. The van der Waals surface area contributed by atoms with Crippen LogP contribution in [0.5, 0.6) is 0 Å². The third-order valence-electron chi connectivity index (χ3n) is 4.71. The van der Waals surface area contributed by atoms with Crippen molar-refractivity contribution in [2.24, 2.45) is 5.92 Å². The Kier molecular flexibility index (Phi) is 6.44. The van der Waals surface area contributed by atoms with Crippen LogP contribution >= 0.6 is 12.4 Å². The van der Waals surface area contributed by atoms with Crippen LogP contribution in [0.4, 0.5) is 0 Å². The lowest BCUT2D eigenvalue weighted by atomic mass is 9.92. The Bertz CT molecular complexity index is 514. The number of carbonyl (C=O) groups excluding carboxylic acids is 1. The summed E-state index contributed by atoms with van der Waals surface area (Å²) in [5.74, 6) is 1.47. The van der Waals surface area contributed by atoms with E-state index in [1.807, 2.05) is 17.9 Å². The van der Waals surface area contributed by atoms with Crippen LogP contribution in [-0.2, 0) is 11.3 Å². The molecule has 1 aromatic rings. The molecule has 0 spiro atoms. The molecule has 2 fully saturated rings. The Morgan fingerprint density at radius 3 is 2.74 bits per heavy atom. The second kappa shape index (κ2) is 8.13. The number of piperidine rings is 1. The Hall–Kier alpha value is -1.11. The second-order valence-electron chi connectivity index (χ2n) is 6.61. The summed E-state index contributed by atoms with van der Waals surface area (Å²) in [6.45, 7) is 9.31. The average molecular weight is 343 g/mol. The Morgan fingerprint density at radius 2 is 2.13 bits per heavy atom. The normalized spacial score (nSPS) is 25.9. The third kappa shape index (κ3) is 4.68. The maximum absolute atomic E-state index is 12.6. The Balaban J connectivity index is 0.00000192. The largest absolute Gasteiger partial charge is 0.360 e. The molecular weight excluding hydrogens is 316 g/mol. The van der Waals surface area contributed by atoms with Gasteiger partial charge in [0.05, 0.1) is 12.2 Å². The minimum atomic E-state index is 0. The summed E-state index contributed by atoms with van der Waals surface area (Å²) < 4.78 is 5.27. The lowest BCUT2D eigenvalue weighted by molar-refractivity contribution is -0.138. The van der Waals surface area contributed by atoms with E-state index in [-0.39, 0.29) is 18.3 Å². The second-order valence-corrected chi connectivity index (χ2v) is 6.61. The zero-order chi connectivity index (χ0) is 15.5. The Labute approximate surface area is 144 Å². The first kappa shape index (κ1) is 18.2. The Morgan fingerprint density at radius 1 is 1.39 bits per heavy atom. The number of nitrogens with one attached hydrogen (secondary N) is 1. The molecule has 2 atom stereocenters. The van der Waals surface area contributed by atoms with E-state index >= 15 is 0 Å². The maximum atomic E-state index is 12.6. The molecule has 0 unspecified atom stereocenters. The molecule has 2 aliphatic heterocycles. The molecule has 0 bridgehead atoms. The van der Waals surface area contributed by atoms with Gasteiger partial charge in [0.25, 0.3) is 0 Å². The zero-order valence-electron chi connectivity index (χ0n) is 14.0. The van der Waals surface area contributed by atoms with Gasteiger partial charge in [-0.05, 0) is 33.2 Å². The van der Waals surface area contributed by atoms with Gasteiger partial charge in [0.15, 0.2) is 5.76 Å². The highest BCUT2D eigenvalue weighted by molar-refractivity contribution is 5.85. The molecule has 6 nitrogen and oxygen atoms in total. The number of aryl methyl sites for hydroxylation is 1. The van der Waals surface area contributed by atoms with Crippen molar-refractivity contribution in [3.63, 3.8) is 0 Å². The van der Waals surface area contributed by atoms with Crippen LogP contribution in [0.1, 0.15) is 31.2 Å². The number of amides is 1. The summed E-state index contributed by atoms with van der Waals surface area (Å²) in [5, 5.41) is 7.33. The summed E-state index contributed by atoms with van der Waals surface area (Å²) >= 11 is 0. The third-order valence-corrected chi connectivity index (χ3v) is 4.71. The molecule has 23 heavy (non-hydrogen) atoms. The fraction of sp³-hybridized carbons (Fsp3) is 0.750. The molecule has 2 aliphatic rings. The van der Waals surface area contributed by atoms with E-state index in [9.17, 15) is 4.79 Å². The molecule has 0 radical (unpaired) electrons. The molecule has 3 heterocycles. The van der Waals surface area contributed by atoms with Gasteiger partial charge < -0.3 is 14.7 Å². The van der Waals surface area contributed by atoms with Crippen LogP contribution in [0.15, 0.2) is 10.6 Å². The van der Waals surface area contributed by atoms with E-state index in [0.29, 0.717) is 11.9 Å². The van der Waals surface area contributed by atoms with Gasteiger partial charge in [0.2, 0.25) is 5.91 Å². The molecule has 1 aromatic heterocycles. The predicted molar refractivity (Wildman–Crippen MR) is 90.5 cm³/mol. The lowest BCUT2D eigenvalue weighted by Gasteiger charge is -2.37. The predicted octanol–water partition coefficient (Wildman–Crippen LogP) is 1.44. The number of carbonyl (C=O) groups is 1. The fourth-order valence-corrected chi connectivity index (χ4v) is 3.45. The highest BCUT2D eigenvalue weighted by Crippen LogP contribution is 2.20. The number of halogens is 1.